The van der Waals surface area contributed by atoms with E-state index in [1.165, 1.54) is 25.7 Å². The van der Waals surface area contributed by atoms with Crippen molar-refractivity contribution in [1.82, 2.24) is 26.8 Å². The van der Waals surface area contributed by atoms with Crippen molar-refractivity contribution in [3.05, 3.63) is 0 Å². The van der Waals surface area contributed by atoms with Crippen molar-refractivity contribution in [1.29, 1.82) is 0 Å². The van der Waals surface area contributed by atoms with E-state index in [0.29, 0.717) is 23.8 Å². The van der Waals surface area contributed by atoms with Gasteiger partial charge in [0.2, 0.25) is 5.91 Å². The lowest BCUT2D eigenvalue weighted by Gasteiger charge is -2.26. The Balaban J connectivity index is 1.30. The van der Waals surface area contributed by atoms with E-state index < -0.39 is 0 Å². The summed E-state index contributed by atoms with van der Waals surface area (Å²) in [7, 11) is 0. The first-order chi connectivity index (χ1) is 12.2. The van der Waals surface area contributed by atoms with E-state index in [0.717, 1.165) is 12.2 Å². The molecule has 7 nitrogen and oxygen atoms in total. The van der Waals surface area contributed by atoms with Crippen LogP contribution < -0.4 is 26.8 Å². The monoisotopic (exact) mass is 387 g/mol. The van der Waals surface area contributed by atoms with Crippen molar-refractivity contribution >= 4 is 29.4 Å². The molecule has 1 aliphatic carbocycles. The maximum absolute atomic E-state index is 12.8. The zero-order valence-electron chi connectivity index (χ0n) is 14.6. The Morgan fingerprint density at radius 1 is 1.20 bits per heavy atom. The van der Waals surface area contributed by atoms with Crippen LogP contribution in [-0.2, 0) is 9.53 Å². The third kappa shape index (κ3) is 4.12. The standard InChI is InChI=1S/C16H29N5O2S2/c1-2-23-16-18-12(20-21-16)9-7-8-24-14(9)19-13(22)15-17-10-5-3-4-6-11(10)25-15/h9-12,14-18,20-21H,2-8H2,1H3,(H,19,22). The molecule has 0 aromatic heterocycles. The van der Waals surface area contributed by atoms with E-state index >= 15 is 0 Å². The topological polar surface area (TPSA) is 86.5 Å². The van der Waals surface area contributed by atoms with Gasteiger partial charge in [0.1, 0.15) is 5.37 Å². The van der Waals surface area contributed by atoms with E-state index in [4.69, 9.17) is 4.74 Å². The zero-order chi connectivity index (χ0) is 17.2. The molecule has 3 aliphatic heterocycles. The fourth-order valence-electron chi connectivity index (χ4n) is 4.21. The van der Waals surface area contributed by atoms with Gasteiger partial charge in [-0.2, -0.15) is 0 Å². The first-order valence-corrected chi connectivity index (χ1v) is 11.5. The molecule has 3 saturated heterocycles. The van der Waals surface area contributed by atoms with Crippen LogP contribution in [0.15, 0.2) is 0 Å². The van der Waals surface area contributed by atoms with Crippen LogP contribution in [0.5, 0.6) is 0 Å². The maximum atomic E-state index is 12.8. The van der Waals surface area contributed by atoms with E-state index in [-0.39, 0.29) is 29.2 Å². The molecule has 1 amide bonds. The number of carbonyl (C=O) groups is 1. The number of hydrogen-bond donors (Lipinski definition) is 5. The van der Waals surface area contributed by atoms with Gasteiger partial charge < -0.3 is 10.1 Å². The summed E-state index contributed by atoms with van der Waals surface area (Å²) in [6, 6.07) is 0.524. The second-order valence-electron chi connectivity index (χ2n) is 7.13. The van der Waals surface area contributed by atoms with Gasteiger partial charge in [-0.3, -0.25) is 15.4 Å². The van der Waals surface area contributed by atoms with Gasteiger partial charge in [-0.25, -0.2) is 10.9 Å². The van der Waals surface area contributed by atoms with Crippen molar-refractivity contribution in [3.8, 4) is 0 Å². The minimum absolute atomic E-state index is 0.0891. The summed E-state index contributed by atoms with van der Waals surface area (Å²) >= 11 is 3.68. The molecule has 142 valence electrons. The van der Waals surface area contributed by atoms with Crippen LogP contribution in [0.3, 0.4) is 0 Å². The molecule has 7 unspecified atom stereocenters. The Hall–Kier alpha value is -0.0300. The van der Waals surface area contributed by atoms with Crippen LogP contribution in [0.1, 0.15) is 39.0 Å². The Morgan fingerprint density at radius 2 is 2.08 bits per heavy atom. The average molecular weight is 388 g/mol. The number of thioether (sulfide) groups is 2. The number of carbonyl (C=O) groups excluding carboxylic acids is 1. The molecule has 0 radical (unpaired) electrons. The lowest BCUT2D eigenvalue weighted by Crippen LogP contribution is -2.51. The summed E-state index contributed by atoms with van der Waals surface area (Å²) in [4.78, 5) is 12.8. The number of rotatable bonds is 5. The van der Waals surface area contributed by atoms with Crippen LogP contribution in [0.4, 0.5) is 0 Å². The summed E-state index contributed by atoms with van der Waals surface area (Å²) < 4.78 is 5.55. The third-order valence-corrected chi connectivity index (χ3v) is 8.34. The summed E-state index contributed by atoms with van der Waals surface area (Å²) in [6.45, 7) is 2.64. The minimum Gasteiger partial charge on any atom is -0.349 e. The van der Waals surface area contributed by atoms with Gasteiger partial charge in [0, 0.05) is 23.8 Å². The van der Waals surface area contributed by atoms with Crippen molar-refractivity contribution in [2.75, 3.05) is 12.4 Å². The quantitative estimate of drug-likeness (QED) is 0.466. The number of amides is 1. The Labute approximate surface area is 157 Å². The molecule has 0 spiro atoms. The number of ether oxygens (including phenoxy) is 1. The Morgan fingerprint density at radius 3 is 2.92 bits per heavy atom. The normalized spacial score (nSPS) is 44.0. The predicted molar refractivity (Wildman–Crippen MR) is 102 cm³/mol. The minimum atomic E-state index is -0.160. The molecule has 9 heteroatoms. The highest BCUT2D eigenvalue weighted by Gasteiger charge is 2.42. The zero-order valence-corrected chi connectivity index (χ0v) is 16.3. The van der Waals surface area contributed by atoms with Crippen molar-refractivity contribution < 1.29 is 9.53 Å². The highest BCUT2D eigenvalue weighted by molar-refractivity contribution is 8.01. The largest absolute Gasteiger partial charge is 0.349 e. The fraction of sp³-hybridized carbons (Fsp3) is 0.938. The summed E-state index contributed by atoms with van der Waals surface area (Å²) in [5.74, 6) is 1.57. The van der Waals surface area contributed by atoms with E-state index in [2.05, 4.69) is 26.8 Å². The highest BCUT2D eigenvalue weighted by atomic mass is 32.2. The van der Waals surface area contributed by atoms with Crippen LogP contribution >= 0.6 is 23.5 Å². The highest BCUT2D eigenvalue weighted by Crippen LogP contribution is 2.38. The Bertz CT molecular complexity index is 471. The van der Waals surface area contributed by atoms with Crippen LogP contribution in [0.25, 0.3) is 0 Å². The van der Waals surface area contributed by atoms with Gasteiger partial charge in [0.15, 0.2) is 6.35 Å². The molecule has 3 heterocycles. The number of hydrazine groups is 1. The van der Waals surface area contributed by atoms with Gasteiger partial charge in [0.05, 0.1) is 11.5 Å². The third-order valence-electron chi connectivity index (χ3n) is 5.50. The van der Waals surface area contributed by atoms with E-state index in [1.807, 2.05) is 30.4 Å². The second-order valence-corrected chi connectivity index (χ2v) is 9.73. The van der Waals surface area contributed by atoms with Crippen molar-refractivity contribution in [3.63, 3.8) is 0 Å². The molecule has 25 heavy (non-hydrogen) atoms. The smallest absolute Gasteiger partial charge is 0.248 e. The molecule has 4 rings (SSSR count). The van der Waals surface area contributed by atoms with Crippen LogP contribution in [0, 0.1) is 5.92 Å². The van der Waals surface area contributed by atoms with Crippen LogP contribution in [0.2, 0.25) is 0 Å². The molecular weight excluding hydrogens is 358 g/mol. The summed E-state index contributed by atoms with van der Waals surface area (Å²) in [6.07, 6.45) is 6.08. The number of nitrogens with one attached hydrogen (secondary N) is 5. The predicted octanol–water partition coefficient (Wildman–Crippen LogP) is 0.499. The van der Waals surface area contributed by atoms with Crippen molar-refractivity contribution in [2.45, 2.75) is 73.6 Å². The molecule has 0 bridgehead atoms. The van der Waals surface area contributed by atoms with Crippen molar-refractivity contribution in [2.24, 2.45) is 5.92 Å². The molecule has 5 N–H and O–H groups in total. The number of fused-ring (bicyclic) bond motifs is 1. The molecule has 0 aromatic rings. The summed E-state index contributed by atoms with van der Waals surface area (Å²) in [5.41, 5.74) is 6.40. The Kier molecular flexibility index (Phi) is 6.11. The first-order valence-electron chi connectivity index (χ1n) is 9.47. The van der Waals surface area contributed by atoms with Crippen LogP contribution in [-0.4, -0.2) is 52.8 Å². The fourth-order valence-corrected chi connectivity index (χ4v) is 7.11. The molecule has 0 aromatic carbocycles. The molecule has 1 saturated carbocycles. The van der Waals surface area contributed by atoms with Gasteiger partial charge in [-0.15, -0.1) is 23.5 Å². The van der Waals surface area contributed by atoms with Gasteiger partial charge >= 0.3 is 0 Å². The van der Waals surface area contributed by atoms with Gasteiger partial charge in [-0.1, -0.05) is 12.8 Å². The van der Waals surface area contributed by atoms with Gasteiger partial charge in [-0.05, 0) is 31.9 Å². The molecule has 4 aliphatic rings. The molecular formula is C16H29N5O2S2. The second kappa shape index (κ2) is 8.33. The lowest BCUT2D eigenvalue weighted by molar-refractivity contribution is -0.121. The first kappa shape index (κ1) is 18.3. The van der Waals surface area contributed by atoms with Gasteiger partial charge in [0.25, 0.3) is 0 Å². The maximum Gasteiger partial charge on any atom is 0.248 e. The summed E-state index contributed by atoms with van der Waals surface area (Å²) in [5, 5.41) is 10.9. The van der Waals surface area contributed by atoms with E-state index in [1.54, 1.807) is 0 Å². The SMILES string of the molecule is CCOC1NNC(C2CCSC2NC(=O)C2NC3CCCCC3S2)N1. The average Bonchev–Trinajstić information content (AvgIpc) is 3.33. The number of hydrogen-bond acceptors (Lipinski definition) is 8. The molecule has 4 fully saturated rings. The lowest BCUT2D eigenvalue weighted by atomic mass is 9.95. The van der Waals surface area contributed by atoms with E-state index in [9.17, 15) is 4.79 Å². The molecule has 7 atom stereocenters.